The predicted molar refractivity (Wildman–Crippen MR) is 129 cm³/mol. The molecule has 36 heavy (non-hydrogen) atoms. The molecule has 0 aliphatic carbocycles. The van der Waals surface area contributed by atoms with Crippen LogP contribution in [-0.4, -0.2) is 60.6 Å². The summed E-state index contributed by atoms with van der Waals surface area (Å²) in [5.74, 6) is 0.0796. The molecule has 2 aliphatic rings. The van der Waals surface area contributed by atoms with Gasteiger partial charge in [0.05, 0.1) is 16.9 Å². The van der Waals surface area contributed by atoms with E-state index in [1.54, 1.807) is 4.90 Å². The predicted octanol–water partition coefficient (Wildman–Crippen LogP) is 4.96. The zero-order valence-electron chi connectivity index (χ0n) is 20.2. The van der Waals surface area contributed by atoms with Crippen molar-refractivity contribution in [3.8, 4) is 17.2 Å². The van der Waals surface area contributed by atoms with Crippen molar-refractivity contribution in [2.75, 3.05) is 40.3 Å². The highest BCUT2D eigenvalue weighted by Crippen LogP contribution is 2.45. The van der Waals surface area contributed by atoms with Gasteiger partial charge in [-0.1, -0.05) is 12.1 Å². The largest absolute Gasteiger partial charge is 0.492 e. The molecule has 0 radical (unpaired) electrons. The third kappa shape index (κ3) is 4.43. The number of carbonyl (C=O) groups excluding carboxylic acids is 1. The van der Waals surface area contributed by atoms with Crippen LogP contribution in [0.4, 0.5) is 13.2 Å². The van der Waals surface area contributed by atoms with Crippen molar-refractivity contribution in [2.45, 2.75) is 24.6 Å². The van der Waals surface area contributed by atoms with Gasteiger partial charge in [-0.15, -0.1) is 0 Å². The van der Waals surface area contributed by atoms with E-state index in [1.807, 2.05) is 61.6 Å². The van der Waals surface area contributed by atoms with Crippen molar-refractivity contribution in [1.82, 2.24) is 14.4 Å². The van der Waals surface area contributed by atoms with E-state index in [-0.39, 0.29) is 17.9 Å². The van der Waals surface area contributed by atoms with Gasteiger partial charge in [0.2, 0.25) is 0 Å². The molecule has 0 bridgehead atoms. The normalized spacial score (nSPS) is 16.4. The Morgan fingerprint density at radius 1 is 1.08 bits per heavy atom. The average molecular weight is 500 g/mol. The van der Waals surface area contributed by atoms with E-state index in [0.717, 1.165) is 23.2 Å². The fraction of sp³-hybridized carbons (Fsp3) is 0.370. The van der Waals surface area contributed by atoms with E-state index < -0.39 is 23.2 Å². The van der Waals surface area contributed by atoms with E-state index in [0.29, 0.717) is 32.5 Å². The summed E-state index contributed by atoms with van der Waals surface area (Å²) in [7, 11) is 3.62. The number of nitrogens with zero attached hydrogens (tertiary/aromatic N) is 3. The van der Waals surface area contributed by atoms with E-state index in [4.69, 9.17) is 9.47 Å². The lowest BCUT2D eigenvalue weighted by molar-refractivity contribution is -0.139. The molecule has 190 valence electrons. The van der Waals surface area contributed by atoms with Crippen LogP contribution in [0.15, 0.2) is 60.8 Å². The molecule has 1 aromatic heterocycles. The van der Waals surface area contributed by atoms with E-state index in [2.05, 4.69) is 4.57 Å². The molecule has 2 aliphatic heterocycles. The van der Waals surface area contributed by atoms with Gasteiger partial charge in [-0.25, -0.2) is 0 Å². The maximum Gasteiger partial charge on any atom is 0.419 e. The Hall–Kier alpha value is -3.46. The first-order valence-electron chi connectivity index (χ1n) is 11.9. The summed E-state index contributed by atoms with van der Waals surface area (Å²) in [5, 5.41) is 0. The number of piperidine rings is 1. The van der Waals surface area contributed by atoms with Crippen molar-refractivity contribution in [3.63, 3.8) is 0 Å². The molecule has 0 unspecified atom stereocenters. The lowest BCUT2D eigenvalue weighted by atomic mass is 9.86. The number of alkyl halides is 3. The van der Waals surface area contributed by atoms with Crippen LogP contribution in [0.2, 0.25) is 0 Å². The summed E-state index contributed by atoms with van der Waals surface area (Å²) < 4.78 is 55.2. The number of hydrogen-bond acceptors (Lipinski definition) is 4. The minimum atomic E-state index is -4.63. The Labute approximate surface area is 207 Å². The quantitative estimate of drug-likeness (QED) is 0.498. The van der Waals surface area contributed by atoms with Crippen molar-refractivity contribution in [3.05, 3.63) is 77.6 Å². The molecular formula is C27H28F3N3O3. The van der Waals surface area contributed by atoms with E-state index >= 15 is 0 Å². The number of likely N-dealkylation sites (N-methyl/N-ethyl adjacent to an activating group) is 1. The van der Waals surface area contributed by atoms with Gasteiger partial charge < -0.3 is 23.8 Å². The topological polar surface area (TPSA) is 46.9 Å². The monoisotopic (exact) mass is 499 g/mol. The standard InChI is InChI=1S/C27H28F3N3O3/c1-31(2)16-17-35-22-10-9-19(18-20(22)27(28,29)30)25(34)32-14-11-26(12-15-32)24-8-5-13-33(24)21-6-3-4-7-23(21)36-26/h3-10,13,18H,11-12,14-17H2,1-2H3. The minimum Gasteiger partial charge on any atom is -0.492 e. The van der Waals surface area contributed by atoms with Gasteiger partial charge in [-0.05, 0) is 56.6 Å². The SMILES string of the molecule is CN(C)CCOc1ccc(C(=O)N2CCC3(CC2)Oc2ccccc2-n2cccc23)cc1C(F)(F)F. The molecule has 0 N–H and O–H groups in total. The van der Waals surface area contributed by atoms with Crippen LogP contribution >= 0.6 is 0 Å². The number of aromatic nitrogens is 1. The molecule has 1 fully saturated rings. The van der Waals surface area contributed by atoms with Crippen molar-refractivity contribution in [2.24, 2.45) is 0 Å². The van der Waals surface area contributed by atoms with Gasteiger partial charge in [-0.3, -0.25) is 4.79 Å². The molecule has 1 saturated heterocycles. The second-order valence-electron chi connectivity index (χ2n) is 9.48. The average Bonchev–Trinajstić information content (AvgIpc) is 3.35. The summed E-state index contributed by atoms with van der Waals surface area (Å²) in [6.45, 7) is 1.33. The lowest BCUT2D eigenvalue weighted by Crippen LogP contribution is -2.50. The fourth-order valence-corrected chi connectivity index (χ4v) is 4.93. The molecule has 9 heteroatoms. The van der Waals surface area contributed by atoms with Crippen molar-refractivity contribution in [1.29, 1.82) is 0 Å². The van der Waals surface area contributed by atoms with E-state index in [9.17, 15) is 18.0 Å². The van der Waals surface area contributed by atoms with Crippen molar-refractivity contribution >= 4 is 5.91 Å². The van der Waals surface area contributed by atoms with Crippen LogP contribution in [-0.2, 0) is 11.8 Å². The fourth-order valence-electron chi connectivity index (χ4n) is 4.93. The molecule has 5 rings (SSSR count). The van der Waals surface area contributed by atoms with Crippen LogP contribution in [0.1, 0.15) is 34.5 Å². The molecule has 2 aromatic carbocycles. The molecule has 0 saturated carbocycles. The number of carbonyl (C=O) groups is 1. The van der Waals surface area contributed by atoms with Gasteiger partial charge in [0.15, 0.2) is 5.60 Å². The number of ether oxygens (including phenoxy) is 2. The summed E-state index contributed by atoms with van der Waals surface area (Å²) in [6, 6.07) is 15.4. The van der Waals surface area contributed by atoms with Gasteiger partial charge >= 0.3 is 6.18 Å². The Morgan fingerprint density at radius 3 is 2.56 bits per heavy atom. The second kappa shape index (κ2) is 9.20. The van der Waals surface area contributed by atoms with Crippen LogP contribution < -0.4 is 9.47 Å². The first-order chi connectivity index (χ1) is 17.2. The lowest BCUT2D eigenvalue weighted by Gasteiger charge is -2.45. The number of amides is 1. The van der Waals surface area contributed by atoms with Crippen LogP contribution in [0.3, 0.4) is 0 Å². The van der Waals surface area contributed by atoms with Crippen LogP contribution in [0, 0.1) is 0 Å². The summed E-state index contributed by atoms with van der Waals surface area (Å²) in [6.07, 6.45) is -1.56. The maximum absolute atomic E-state index is 13.8. The van der Waals surface area contributed by atoms with Gasteiger partial charge in [0, 0.05) is 44.2 Å². The second-order valence-corrected chi connectivity index (χ2v) is 9.48. The Kier molecular flexibility index (Phi) is 6.20. The zero-order chi connectivity index (χ0) is 25.5. The number of hydrogen-bond donors (Lipinski definition) is 0. The molecule has 6 nitrogen and oxygen atoms in total. The summed E-state index contributed by atoms with van der Waals surface area (Å²) in [5.41, 5.74) is 0.457. The zero-order valence-corrected chi connectivity index (χ0v) is 20.2. The summed E-state index contributed by atoms with van der Waals surface area (Å²) in [4.78, 5) is 16.6. The van der Waals surface area contributed by atoms with Gasteiger partial charge in [-0.2, -0.15) is 13.2 Å². The van der Waals surface area contributed by atoms with Crippen LogP contribution in [0.25, 0.3) is 5.69 Å². The summed E-state index contributed by atoms with van der Waals surface area (Å²) >= 11 is 0. The molecule has 0 atom stereocenters. The number of halogens is 3. The van der Waals surface area contributed by atoms with Gasteiger partial charge in [0.1, 0.15) is 18.1 Å². The molecule has 1 amide bonds. The third-order valence-corrected chi connectivity index (χ3v) is 6.83. The Bertz CT molecular complexity index is 1260. The third-order valence-electron chi connectivity index (χ3n) is 6.83. The smallest absolute Gasteiger partial charge is 0.419 e. The minimum absolute atomic E-state index is 0.00322. The number of likely N-dealkylation sites (tertiary alicyclic amines) is 1. The highest BCUT2D eigenvalue weighted by molar-refractivity contribution is 5.94. The maximum atomic E-state index is 13.8. The number of fused-ring (bicyclic) bond motifs is 4. The number of rotatable bonds is 5. The van der Waals surface area contributed by atoms with Crippen LogP contribution in [0.5, 0.6) is 11.5 Å². The van der Waals surface area contributed by atoms with Gasteiger partial charge in [0.25, 0.3) is 5.91 Å². The van der Waals surface area contributed by atoms with E-state index in [1.165, 1.54) is 12.1 Å². The highest BCUT2D eigenvalue weighted by Gasteiger charge is 2.45. The molecule has 3 aromatic rings. The number of benzene rings is 2. The van der Waals surface area contributed by atoms with Crippen molar-refractivity contribution < 1.29 is 27.4 Å². The first-order valence-corrected chi connectivity index (χ1v) is 11.9. The highest BCUT2D eigenvalue weighted by atomic mass is 19.4. The Balaban J connectivity index is 1.33. The number of para-hydroxylation sites is 2. The molecular weight excluding hydrogens is 471 g/mol. The first kappa shape index (κ1) is 24.2. The molecule has 3 heterocycles. The Morgan fingerprint density at radius 2 is 1.83 bits per heavy atom. The molecule has 1 spiro atoms.